The van der Waals surface area contributed by atoms with Crippen LogP contribution in [0.25, 0.3) is 0 Å². The van der Waals surface area contributed by atoms with Crippen molar-refractivity contribution in [2.75, 3.05) is 12.4 Å². The van der Waals surface area contributed by atoms with Crippen LogP contribution in [0.2, 0.25) is 0 Å². The van der Waals surface area contributed by atoms with Gasteiger partial charge in [0.05, 0.1) is 7.11 Å². The number of Topliss-reactive ketones (excluding diaryl/α,β-unsaturated/α-hetero) is 1. The Bertz CT molecular complexity index is 685. The van der Waals surface area contributed by atoms with Crippen LogP contribution < -0.4 is 10.1 Å². The maximum absolute atomic E-state index is 12.1. The number of methoxy groups -OCH3 is 1. The first-order valence-corrected chi connectivity index (χ1v) is 7.60. The molecule has 0 aliphatic heterocycles. The molecule has 1 amide bonds. The molecule has 0 unspecified atom stereocenters. The van der Waals surface area contributed by atoms with Gasteiger partial charge in [-0.05, 0) is 30.3 Å². The third-order valence-corrected chi connectivity index (χ3v) is 3.57. The highest BCUT2D eigenvalue weighted by atomic mass is 79.9. The first kappa shape index (κ1) is 16.2. The van der Waals surface area contributed by atoms with Gasteiger partial charge in [0.2, 0.25) is 5.91 Å². The molecule has 2 rings (SSSR count). The van der Waals surface area contributed by atoms with Gasteiger partial charge in [-0.2, -0.15) is 0 Å². The number of rotatable bonds is 6. The molecule has 5 heteroatoms. The topological polar surface area (TPSA) is 55.4 Å². The van der Waals surface area contributed by atoms with Crippen LogP contribution >= 0.6 is 15.9 Å². The number of halogens is 1. The monoisotopic (exact) mass is 361 g/mol. The number of hydrogen-bond donors (Lipinski definition) is 1. The molecule has 0 aromatic heterocycles. The van der Waals surface area contributed by atoms with Crippen molar-refractivity contribution in [1.29, 1.82) is 0 Å². The fourth-order valence-corrected chi connectivity index (χ4v) is 2.36. The van der Waals surface area contributed by atoms with Crippen LogP contribution in [0, 0.1) is 0 Å². The molecule has 0 atom stereocenters. The standard InChI is InChI=1S/C17H16BrNO3/c1-22-15-7-2-4-12(10-15)16(20)8-9-17(21)19-14-6-3-5-13(18)11-14/h2-7,10-11H,8-9H2,1H3,(H,19,21). The van der Waals surface area contributed by atoms with E-state index in [1.165, 1.54) is 0 Å². The zero-order valence-electron chi connectivity index (χ0n) is 12.1. The Morgan fingerprint density at radius 3 is 2.59 bits per heavy atom. The van der Waals surface area contributed by atoms with Crippen LogP contribution in [0.5, 0.6) is 5.75 Å². The molecule has 0 bridgehead atoms. The Hall–Kier alpha value is -2.14. The number of hydrogen-bond acceptors (Lipinski definition) is 3. The lowest BCUT2D eigenvalue weighted by Crippen LogP contribution is -2.13. The van der Waals surface area contributed by atoms with E-state index in [0.717, 1.165) is 4.47 Å². The van der Waals surface area contributed by atoms with E-state index in [9.17, 15) is 9.59 Å². The first-order chi connectivity index (χ1) is 10.6. The number of carbonyl (C=O) groups is 2. The highest BCUT2D eigenvalue weighted by molar-refractivity contribution is 9.10. The molecule has 0 aliphatic carbocycles. The Morgan fingerprint density at radius 2 is 1.86 bits per heavy atom. The zero-order chi connectivity index (χ0) is 15.9. The number of ether oxygens (including phenoxy) is 1. The number of nitrogens with one attached hydrogen (secondary N) is 1. The number of ketones is 1. The van der Waals surface area contributed by atoms with Crippen molar-refractivity contribution in [1.82, 2.24) is 0 Å². The van der Waals surface area contributed by atoms with Gasteiger partial charge in [0, 0.05) is 28.6 Å². The van der Waals surface area contributed by atoms with Crippen molar-refractivity contribution in [3.05, 3.63) is 58.6 Å². The zero-order valence-corrected chi connectivity index (χ0v) is 13.7. The molecular weight excluding hydrogens is 346 g/mol. The van der Waals surface area contributed by atoms with E-state index < -0.39 is 0 Å². The van der Waals surface area contributed by atoms with Crippen LogP contribution in [0.4, 0.5) is 5.69 Å². The SMILES string of the molecule is COc1cccc(C(=O)CCC(=O)Nc2cccc(Br)c2)c1. The molecule has 0 fully saturated rings. The smallest absolute Gasteiger partial charge is 0.224 e. The Balaban J connectivity index is 1.89. The minimum absolute atomic E-state index is 0.0803. The summed E-state index contributed by atoms with van der Waals surface area (Å²) in [6, 6.07) is 14.2. The van der Waals surface area contributed by atoms with Crippen LogP contribution in [0.3, 0.4) is 0 Å². The summed E-state index contributed by atoms with van der Waals surface area (Å²) in [5.74, 6) is 0.363. The van der Waals surface area contributed by atoms with Gasteiger partial charge in [-0.15, -0.1) is 0 Å². The molecule has 0 heterocycles. The van der Waals surface area contributed by atoms with Crippen molar-refractivity contribution in [3.63, 3.8) is 0 Å². The van der Waals surface area contributed by atoms with Gasteiger partial charge >= 0.3 is 0 Å². The molecule has 0 saturated heterocycles. The second-order valence-electron chi connectivity index (χ2n) is 4.71. The van der Waals surface area contributed by atoms with Gasteiger partial charge < -0.3 is 10.1 Å². The minimum atomic E-state index is -0.186. The van der Waals surface area contributed by atoms with Crippen molar-refractivity contribution < 1.29 is 14.3 Å². The normalized spacial score (nSPS) is 10.1. The van der Waals surface area contributed by atoms with Crippen molar-refractivity contribution in [2.45, 2.75) is 12.8 Å². The van der Waals surface area contributed by atoms with E-state index in [0.29, 0.717) is 17.0 Å². The second kappa shape index (κ2) is 7.75. The Morgan fingerprint density at radius 1 is 1.09 bits per heavy atom. The van der Waals surface area contributed by atoms with E-state index >= 15 is 0 Å². The van der Waals surface area contributed by atoms with E-state index in [2.05, 4.69) is 21.2 Å². The van der Waals surface area contributed by atoms with Gasteiger partial charge in [-0.1, -0.05) is 34.1 Å². The summed E-state index contributed by atoms with van der Waals surface area (Å²) in [5, 5.41) is 2.77. The first-order valence-electron chi connectivity index (χ1n) is 6.81. The second-order valence-corrected chi connectivity index (χ2v) is 5.63. The highest BCUT2D eigenvalue weighted by Crippen LogP contribution is 2.17. The van der Waals surface area contributed by atoms with Crippen molar-refractivity contribution in [2.24, 2.45) is 0 Å². The maximum atomic E-state index is 12.1. The van der Waals surface area contributed by atoms with Crippen molar-refractivity contribution in [3.8, 4) is 5.75 Å². The summed E-state index contributed by atoms with van der Waals surface area (Å²) in [7, 11) is 1.55. The van der Waals surface area contributed by atoms with Crippen LogP contribution in [-0.2, 0) is 4.79 Å². The summed E-state index contributed by atoms with van der Waals surface area (Å²) in [6.07, 6.45) is 0.301. The largest absolute Gasteiger partial charge is 0.497 e. The Labute approximate surface area is 137 Å². The van der Waals surface area contributed by atoms with Gasteiger partial charge in [-0.25, -0.2) is 0 Å². The molecule has 4 nitrogen and oxygen atoms in total. The quantitative estimate of drug-likeness (QED) is 0.789. The van der Waals surface area contributed by atoms with Gasteiger partial charge in [0.1, 0.15) is 5.75 Å². The maximum Gasteiger partial charge on any atom is 0.224 e. The highest BCUT2D eigenvalue weighted by Gasteiger charge is 2.10. The van der Waals surface area contributed by atoms with Crippen LogP contribution in [-0.4, -0.2) is 18.8 Å². The minimum Gasteiger partial charge on any atom is -0.497 e. The molecule has 0 saturated carbocycles. The molecule has 114 valence electrons. The molecule has 2 aromatic rings. The predicted molar refractivity (Wildman–Crippen MR) is 89.3 cm³/mol. The molecule has 2 aromatic carbocycles. The third-order valence-electron chi connectivity index (χ3n) is 3.08. The van der Waals surface area contributed by atoms with Gasteiger partial charge in [-0.3, -0.25) is 9.59 Å². The molecular formula is C17H16BrNO3. The van der Waals surface area contributed by atoms with Gasteiger partial charge in [0.25, 0.3) is 0 Å². The lowest BCUT2D eigenvalue weighted by atomic mass is 10.1. The fourth-order valence-electron chi connectivity index (χ4n) is 1.96. The van der Waals surface area contributed by atoms with Crippen LogP contribution in [0.15, 0.2) is 53.0 Å². The number of carbonyl (C=O) groups excluding carboxylic acids is 2. The number of benzene rings is 2. The van der Waals surface area contributed by atoms with Crippen molar-refractivity contribution >= 4 is 33.3 Å². The lowest BCUT2D eigenvalue weighted by Gasteiger charge is -2.06. The number of anilines is 1. The molecule has 0 spiro atoms. The molecule has 0 aliphatic rings. The van der Waals surface area contributed by atoms with Crippen LogP contribution in [0.1, 0.15) is 23.2 Å². The average molecular weight is 362 g/mol. The summed E-state index contributed by atoms with van der Waals surface area (Å²) in [5.41, 5.74) is 1.25. The predicted octanol–water partition coefficient (Wildman–Crippen LogP) is 4.06. The third kappa shape index (κ3) is 4.70. The average Bonchev–Trinajstić information content (AvgIpc) is 2.52. The summed E-state index contributed by atoms with van der Waals surface area (Å²) in [6.45, 7) is 0. The summed E-state index contributed by atoms with van der Waals surface area (Å²) >= 11 is 3.34. The summed E-state index contributed by atoms with van der Waals surface area (Å²) < 4.78 is 5.97. The molecule has 0 radical (unpaired) electrons. The van der Waals surface area contributed by atoms with E-state index in [-0.39, 0.29) is 24.5 Å². The summed E-state index contributed by atoms with van der Waals surface area (Å²) in [4.78, 5) is 24.0. The molecule has 22 heavy (non-hydrogen) atoms. The van der Waals surface area contributed by atoms with E-state index in [1.54, 1.807) is 37.4 Å². The van der Waals surface area contributed by atoms with E-state index in [1.807, 2.05) is 18.2 Å². The van der Waals surface area contributed by atoms with E-state index in [4.69, 9.17) is 4.74 Å². The molecule has 1 N–H and O–H groups in total. The fraction of sp³-hybridized carbons (Fsp3) is 0.176. The lowest BCUT2D eigenvalue weighted by molar-refractivity contribution is -0.116. The number of amides is 1. The van der Waals surface area contributed by atoms with Gasteiger partial charge in [0.15, 0.2) is 5.78 Å². The Kier molecular flexibility index (Phi) is 5.72.